The van der Waals surface area contributed by atoms with Crippen molar-refractivity contribution in [2.75, 3.05) is 170 Å². The minimum Gasteiger partial charge on any atom is -0.497 e. The lowest BCUT2D eigenvalue weighted by Crippen LogP contribution is -2.36. The van der Waals surface area contributed by atoms with E-state index in [0.717, 1.165) is 229 Å². The molecule has 0 aliphatic carbocycles. The minimum absolute atomic E-state index is 0.248. The summed E-state index contributed by atoms with van der Waals surface area (Å²) in [7, 11) is 3.36. The third-order valence-corrected chi connectivity index (χ3v) is 26.2. The highest BCUT2D eigenvalue weighted by Crippen LogP contribution is 2.47. The molecule has 5 saturated heterocycles. The monoisotopic (exact) mass is 1730 g/mol. The van der Waals surface area contributed by atoms with Gasteiger partial charge in [-0.25, -0.2) is 24.5 Å². The van der Waals surface area contributed by atoms with Crippen LogP contribution in [0.1, 0.15) is 80.3 Å². The van der Waals surface area contributed by atoms with Crippen molar-refractivity contribution in [3.63, 3.8) is 0 Å². The quantitative estimate of drug-likeness (QED) is 0.0755. The van der Waals surface area contributed by atoms with Crippen molar-refractivity contribution in [3.05, 3.63) is 244 Å². The zero-order valence-corrected chi connectivity index (χ0v) is 71.4. The third kappa shape index (κ3) is 24.1. The summed E-state index contributed by atoms with van der Waals surface area (Å²) in [5.74, 6) is 1.50. The van der Waals surface area contributed by atoms with Gasteiger partial charge in [-0.3, -0.25) is 0 Å². The number of hydrogen-bond donors (Lipinski definition) is 0. The van der Waals surface area contributed by atoms with Crippen molar-refractivity contribution in [1.29, 1.82) is 0 Å². The molecule has 5 fully saturated rings. The van der Waals surface area contributed by atoms with Crippen molar-refractivity contribution >= 4 is 138 Å². The molecule has 29 heteroatoms. The second kappa shape index (κ2) is 42.0. The minimum atomic E-state index is -4.70. The summed E-state index contributed by atoms with van der Waals surface area (Å²) < 4.78 is 79.1. The molecule has 0 spiro atoms. The van der Waals surface area contributed by atoms with Crippen LogP contribution in [0.4, 0.5) is 55.5 Å². The van der Waals surface area contributed by atoms with Crippen LogP contribution < -0.4 is 38.7 Å². The van der Waals surface area contributed by atoms with Crippen molar-refractivity contribution in [2.45, 2.75) is 73.1 Å². The molecule has 10 heterocycles. The smallest absolute Gasteiger partial charge is 0.497 e. The number of benzene rings is 5. The van der Waals surface area contributed by atoms with Crippen LogP contribution in [0.2, 0.25) is 10.0 Å². The van der Waals surface area contributed by atoms with Gasteiger partial charge in [0.1, 0.15) is 17.2 Å². The number of nitrogens with zero attached hydrogens (tertiary/aromatic N) is 10. The van der Waals surface area contributed by atoms with Gasteiger partial charge >= 0.3 is 6.36 Å². The summed E-state index contributed by atoms with van der Waals surface area (Å²) in [6.45, 7) is 49.4. The van der Waals surface area contributed by atoms with Crippen molar-refractivity contribution in [2.24, 2.45) is 0 Å². The Bertz CT molecular complexity index is 4860. The lowest BCUT2D eigenvalue weighted by Gasteiger charge is -2.28. The van der Waals surface area contributed by atoms with Crippen LogP contribution in [-0.4, -0.2) is 162 Å². The Balaban J connectivity index is 0.000000140. The predicted molar refractivity (Wildman–Crippen MR) is 459 cm³/mol. The van der Waals surface area contributed by atoms with E-state index < -0.39 is 6.36 Å². The lowest BCUT2D eigenvalue weighted by atomic mass is 10.0. The number of thiazole rings is 2. The Morgan fingerprint density at radius 1 is 0.416 bits per heavy atom. The van der Waals surface area contributed by atoms with Gasteiger partial charge in [0.2, 0.25) is 17.1 Å². The Labute approximate surface area is 698 Å². The molecule has 0 amide bonds. The van der Waals surface area contributed by atoms with E-state index in [1.54, 1.807) is 89.1 Å². The molecule has 0 radical (unpaired) electrons. The highest BCUT2D eigenvalue weighted by molar-refractivity contribution is 9.10. The van der Waals surface area contributed by atoms with Gasteiger partial charge in [-0.05, 0) is 174 Å². The average Bonchev–Trinajstić information content (AvgIpc) is 1.66. The van der Waals surface area contributed by atoms with Gasteiger partial charge in [0.05, 0.1) is 126 Å². The van der Waals surface area contributed by atoms with Gasteiger partial charge in [-0.15, -0.1) is 69.9 Å². The molecular formula is C84H90BrCl2F3N10O8S5. The first-order valence-corrected chi connectivity index (χ1v) is 42.7. The van der Waals surface area contributed by atoms with Gasteiger partial charge in [-0.2, -0.15) is 0 Å². The summed E-state index contributed by atoms with van der Waals surface area (Å²) >= 11 is 24.2. The first kappa shape index (κ1) is 85.9. The van der Waals surface area contributed by atoms with Gasteiger partial charge in [-0.1, -0.05) is 93.7 Å². The molecule has 0 saturated carbocycles. The molecule has 0 N–H and O–H groups in total. The number of alkyl halides is 3. The van der Waals surface area contributed by atoms with Gasteiger partial charge < -0.3 is 62.4 Å². The standard InChI is InChI=1S/C18H17F3N2O2S.C18H20N2O2S.C17H17BrN2OS.C16H20N2O2S.C15H16Cl2N2OS/c1-12-15(11-13-3-5-14(6-4-13)25-18(19,20)21)16(22-2)17(26-12)23-7-9-24-10-8-23;1-13-16(12-14-4-6-15(21-3)7-5-14)17(19-2)18(23-13)20-8-10-22-11-9-20;1-12-15(11-13-3-5-14(18)6-4-13)16(19-2)17(22-12)20-7-9-21-10-8-20;1-12-15(11-13-3-5-14(19-2)6-4-13)17-16(21-12)18-7-9-20-10-8-18;1-10-14(8-11-2-3-12(16)9-13(11)17)18-15(21-10)19-4-6-20-7-5-19/h3-6H,7-11H2,1H3;4-7H,8-12H2,1,3H3;3-6H,7-11H2,1H3;3-6H,7-11H2,1-2H3;2-3,9H,4-8H2,1H3. The number of morpholine rings is 5. The lowest BCUT2D eigenvalue weighted by molar-refractivity contribution is -0.274. The van der Waals surface area contributed by atoms with Crippen molar-refractivity contribution < 1.29 is 51.1 Å². The fraction of sp³-hybridized carbons (Fsp3) is 0.393. The van der Waals surface area contributed by atoms with Crippen molar-refractivity contribution in [3.8, 4) is 17.2 Å². The Hall–Kier alpha value is -8.02. The first-order valence-electron chi connectivity index (χ1n) is 37.0. The summed E-state index contributed by atoms with van der Waals surface area (Å²) in [5, 5.41) is 6.73. The molecular weight excluding hydrogens is 1650 g/mol. The number of ether oxygens (including phenoxy) is 8. The number of methoxy groups -OCH3 is 2. The molecule has 10 aromatic rings. The normalized spacial score (nSPS) is 15.0. The Morgan fingerprint density at radius 2 is 0.726 bits per heavy atom. The number of rotatable bonds is 18. The Morgan fingerprint density at radius 3 is 1.04 bits per heavy atom. The van der Waals surface area contributed by atoms with E-state index in [1.807, 2.05) is 43.3 Å². The molecule has 5 aliphatic heterocycles. The molecule has 113 heavy (non-hydrogen) atoms. The highest BCUT2D eigenvalue weighted by atomic mass is 79.9. The van der Waals surface area contributed by atoms with Gasteiger partial charge in [0, 0.05) is 103 Å². The third-order valence-electron chi connectivity index (χ3n) is 19.3. The maximum Gasteiger partial charge on any atom is 0.573 e. The zero-order valence-electron chi connectivity index (χ0n) is 64.2. The maximum atomic E-state index is 12.3. The molecule has 15 rings (SSSR count). The molecule has 18 nitrogen and oxygen atoms in total. The van der Waals surface area contributed by atoms with Crippen LogP contribution >= 0.6 is 95.8 Å². The van der Waals surface area contributed by atoms with E-state index in [1.165, 1.54) is 59.6 Å². The maximum absolute atomic E-state index is 12.3. The van der Waals surface area contributed by atoms with E-state index in [-0.39, 0.29) is 5.75 Å². The van der Waals surface area contributed by atoms with Gasteiger partial charge in [0.25, 0.3) is 0 Å². The van der Waals surface area contributed by atoms with E-state index in [2.05, 4.69) is 136 Å². The number of halogens is 6. The van der Waals surface area contributed by atoms with Crippen LogP contribution in [0.25, 0.3) is 14.5 Å². The first-order chi connectivity index (χ1) is 54.7. The second-order valence-corrected chi connectivity index (χ2v) is 34.6. The molecule has 0 unspecified atom stereocenters. The molecule has 596 valence electrons. The largest absolute Gasteiger partial charge is 0.573 e. The zero-order chi connectivity index (χ0) is 80.0. The summed E-state index contributed by atoms with van der Waals surface area (Å²) in [6, 6.07) is 36.0. The highest BCUT2D eigenvalue weighted by Gasteiger charge is 2.32. The SMILES string of the molecule is COc1ccc(Cc2nc(N3CCOCC3)sc2C)cc1.Cc1sc(N2CCOCC2)nc1Cc1ccc(Cl)cc1Cl.[C-]#[N+]c1c(N2CCOCC2)sc(C)c1Cc1ccc(Br)cc1.[C-]#[N+]c1c(N2CCOCC2)sc(C)c1Cc1ccc(OC(F)(F)F)cc1.[C-]#[N+]c1c(N2CCOCC2)sc(C)c1Cc1ccc(OC)cc1. The fourth-order valence-corrected chi connectivity index (χ4v) is 19.2. The number of aryl methyl sites for hydroxylation is 5. The molecule has 0 atom stereocenters. The van der Waals surface area contributed by atoms with Crippen LogP contribution in [-0.2, 0) is 55.8 Å². The predicted octanol–water partition coefficient (Wildman–Crippen LogP) is 20.8. The Kier molecular flexibility index (Phi) is 31.9. The summed E-state index contributed by atoms with van der Waals surface area (Å²) in [6.07, 6.45) is -0.988. The van der Waals surface area contributed by atoms with Crippen LogP contribution in [0.3, 0.4) is 0 Å². The molecule has 0 bridgehead atoms. The van der Waals surface area contributed by atoms with Crippen LogP contribution in [0.15, 0.2) is 120 Å². The topological polar surface area (TPSA) is 129 Å². The van der Waals surface area contributed by atoms with Crippen molar-refractivity contribution in [1.82, 2.24) is 9.97 Å². The average molecular weight is 1740 g/mol. The van der Waals surface area contributed by atoms with Crippen LogP contribution in [0.5, 0.6) is 17.2 Å². The van der Waals surface area contributed by atoms with E-state index in [0.29, 0.717) is 35.4 Å². The van der Waals surface area contributed by atoms with E-state index in [9.17, 15) is 13.2 Å². The second-order valence-electron chi connectivity index (χ2n) is 26.8. The molecule has 5 aromatic heterocycles. The number of anilines is 5. The van der Waals surface area contributed by atoms with E-state index in [4.69, 9.17) is 86.0 Å². The summed E-state index contributed by atoms with van der Waals surface area (Å²) in [4.78, 5) is 38.5. The van der Waals surface area contributed by atoms with E-state index >= 15 is 0 Å². The number of hydrogen-bond acceptors (Lipinski definition) is 20. The number of thiophene rings is 3. The fourth-order valence-electron chi connectivity index (χ4n) is 13.0. The summed E-state index contributed by atoms with van der Waals surface area (Å²) in [5.41, 5.74) is 13.4. The molecule has 5 aliphatic rings. The number of aromatic nitrogens is 2. The molecule has 5 aromatic carbocycles. The van der Waals surface area contributed by atoms with Crippen LogP contribution in [0, 0.1) is 54.3 Å². The van der Waals surface area contributed by atoms with Gasteiger partial charge in [0.15, 0.2) is 10.3 Å².